The first-order chi connectivity index (χ1) is 9.90. The Morgan fingerprint density at radius 2 is 1.10 bits per heavy atom. The van der Waals surface area contributed by atoms with Crippen LogP contribution in [0.1, 0.15) is 0 Å². The van der Waals surface area contributed by atoms with E-state index in [2.05, 4.69) is 15.0 Å². The molecule has 0 aliphatic heterocycles. The number of aromatic nitrogens is 3. The molecule has 0 spiro atoms. The third-order valence-corrected chi connectivity index (χ3v) is 2.43. The van der Waals surface area contributed by atoms with Crippen LogP contribution in [-0.4, -0.2) is 15.0 Å². The Bertz CT molecular complexity index is 618. The van der Waals surface area contributed by atoms with Crippen molar-refractivity contribution in [1.29, 1.82) is 0 Å². The van der Waals surface area contributed by atoms with Crippen LogP contribution in [0.4, 0.5) is 0 Å². The summed E-state index contributed by atoms with van der Waals surface area (Å²) in [6.07, 6.45) is 9.87. The summed E-state index contributed by atoms with van der Waals surface area (Å²) in [5.41, 5.74) is 0. The molecular weight excluding hydrogens is 254 g/mol. The largest absolute Gasteiger partial charge is 0.454 e. The van der Waals surface area contributed by atoms with Gasteiger partial charge in [-0.1, -0.05) is 0 Å². The molecule has 0 saturated heterocycles. The van der Waals surface area contributed by atoms with E-state index < -0.39 is 0 Å². The lowest BCUT2D eigenvalue weighted by atomic mass is 10.4. The van der Waals surface area contributed by atoms with Gasteiger partial charge in [-0.05, 0) is 24.3 Å². The molecule has 3 rings (SSSR count). The van der Waals surface area contributed by atoms with Gasteiger partial charge in [0.25, 0.3) is 0 Å². The fourth-order valence-corrected chi connectivity index (χ4v) is 1.60. The van der Waals surface area contributed by atoms with E-state index in [0.717, 1.165) is 0 Å². The smallest absolute Gasteiger partial charge is 0.149 e. The van der Waals surface area contributed by atoms with Crippen molar-refractivity contribution >= 4 is 0 Å². The maximum atomic E-state index is 5.64. The van der Waals surface area contributed by atoms with Crippen LogP contribution < -0.4 is 9.47 Å². The highest BCUT2D eigenvalue weighted by Gasteiger charge is 2.02. The Morgan fingerprint density at radius 3 is 1.55 bits per heavy atom. The first-order valence-corrected chi connectivity index (χ1v) is 6.01. The Labute approximate surface area is 115 Å². The van der Waals surface area contributed by atoms with Crippen molar-refractivity contribution in [3.05, 3.63) is 67.5 Å². The quantitative estimate of drug-likeness (QED) is 0.723. The van der Waals surface area contributed by atoms with Gasteiger partial charge >= 0.3 is 0 Å². The van der Waals surface area contributed by atoms with Gasteiger partial charge in [0.2, 0.25) is 0 Å². The topological polar surface area (TPSA) is 57.1 Å². The van der Waals surface area contributed by atoms with E-state index in [4.69, 9.17) is 9.47 Å². The molecule has 0 aliphatic carbocycles. The molecule has 5 heteroatoms. The van der Waals surface area contributed by atoms with Crippen molar-refractivity contribution in [2.24, 2.45) is 0 Å². The Hall–Kier alpha value is -2.95. The SMILES string of the molecule is c1cncc(Oc2cncc(Oc3cccnc3)c2)c1. The first kappa shape index (κ1) is 12.1. The minimum Gasteiger partial charge on any atom is -0.454 e. The summed E-state index contributed by atoms with van der Waals surface area (Å²) in [6, 6.07) is 9.01. The molecule has 3 aromatic rings. The molecule has 0 atom stereocenters. The average molecular weight is 265 g/mol. The van der Waals surface area contributed by atoms with E-state index in [0.29, 0.717) is 23.0 Å². The van der Waals surface area contributed by atoms with Crippen LogP contribution in [0.2, 0.25) is 0 Å². The molecule has 98 valence electrons. The Morgan fingerprint density at radius 1 is 0.600 bits per heavy atom. The van der Waals surface area contributed by atoms with Crippen molar-refractivity contribution in [2.75, 3.05) is 0 Å². The minimum atomic E-state index is 0.583. The lowest BCUT2D eigenvalue weighted by Crippen LogP contribution is -1.89. The molecule has 0 aliphatic rings. The second kappa shape index (κ2) is 5.79. The maximum absolute atomic E-state index is 5.64. The highest BCUT2D eigenvalue weighted by molar-refractivity contribution is 5.35. The molecule has 20 heavy (non-hydrogen) atoms. The van der Waals surface area contributed by atoms with E-state index >= 15 is 0 Å². The summed E-state index contributed by atoms with van der Waals surface area (Å²) in [6.45, 7) is 0. The number of rotatable bonds is 4. The average Bonchev–Trinajstić information content (AvgIpc) is 2.50. The van der Waals surface area contributed by atoms with Gasteiger partial charge in [-0.2, -0.15) is 0 Å². The van der Waals surface area contributed by atoms with Crippen molar-refractivity contribution in [3.8, 4) is 23.0 Å². The summed E-state index contributed by atoms with van der Waals surface area (Å²) in [4.78, 5) is 12.1. The summed E-state index contributed by atoms with van der Waals surface area (Å²) < 4.78 is 11.3. The Balaban J connectivity index is 1.76. The molecule has 0 aromatic carbocycles. The lowest BCUT2D eigenvalue weighted by Gasteiger charge is -2.07. The normalized spacial score (nSPS) is 10.0. The van der Waals surface area contributed by atoms with Gasteiger partial charge < -0.3 is 9.47 Å². The van der Waals surface area contributed by atoms with Crippen LogP contribution in [0.15, 0.2) is 67.5 Å². The second-order valence-electron chi connectivity index (χ2n) is 3.94. The highest BCUT2D eigenvalue weighted by Crippen LogP contribution is 2.26. The molecule has 5 nitrogen and oxygen atoms in total. The highest BCUT2D eigenvalue weighted by atomic mass is 16.5. The predicted molar refractivity (Wildman–Crippen MR) is 72.9 cm³/mol. The van der Waals surface area contributed by atoms with Gasteiger partial charge in [-0.15, -0.1) is 0 Å². The minimum absolute atomic E-state index is 0.583. The molecule has 0 radical (unpaired) electrons. The number of pyridine rings is 3. The lowest BCUT2D eigenvalue weighted by molar-refractivity contribution is 0.454. The van der Waals surface area contributed by atoms with Gasteiger partial charge in [-0.25, -0.2) is 0 Å². The van der Waals surface area contributed by atoms with Gasteiger partial charge in [0.15, 0.2) is 0 Å². The summed E-state index contributed by atoms with van der Waals surface area (Å²) in [5.74, 6) is 2.46. The van der Waals surface area contributed by atoms with Gasteiger partial charge in [0.1, 0.15) is 23.0 Å². The Kier molecular flexibility index (Phi) is 3.51. The third kappa shape index (κ3) is 3.08. The summed E-state index contributed by atoms with van der Waals surface area (Å²) in [7, 11) is 0. The monoisotopic (exact) mass is 265 g/mol. The molecular formula is C15H11N3O2. The van der Waals surface area contributed by atoms with Crippen LogP contribution in [0, 0.1) is 0 Å². The van der Waals surface area contributed by atoms with E-state index in [1.165, 1.54) is 0 Å². The van der Waals surface area contributed by atoms with Crippen molar-refractivity contribution in [3.63, 3.8) is 0 Å². The molecule has 0 unspecified atom stereocenters. The zero-order chi connectivity index (χ0) is 13.6. The summed E-state index contributed by atoms with van der Waals surface area (Å²) in [5, 5.41) is 0. The number of nitrogens with zero attached hydrogens (tertiary/aromatic N) is 3. The second-order valence-corrected chi connectivity index (χ2v) is 3.94. The zero-order valence-corrected chi connectivity index (χ0v) is 10.5. The van der Waals surface area contributed by atoms with E-state index in [1.807, 2.05) is 12.1 Å². The van der Waals surface area contributed by atoms with Crippen LogP contribution in [0.3, 0.4) is 0 Å². The van der Waals surface area contributed by atoms with Crippen molar-refractivity contribution < 1.29 is 9.47 Å². The standard InChI is InChI=1S/C15H11N3O2/c1-3-12(8-16-5-1)19-14-7-15(11-18-10-14)20-13-4-2-6-17-9-13/h1-11H. The van der Waals surface area contributed by atoms with E-state index in [9.17, 15) is 0 Å². The number of ether oxygens (including phenoxy) is 2. The van der Waals surface area contributed by atoms with Gasteiger partial charge in [-0.3, -0.25) is 15.0 Å². The van der Waals surface area contributed by atoms with Crippen LogP contribution >= 0.6 is 0 Å². The summed E-state index contributed by atoms with van der Waals surface area (Å²) >= 11 is 0. The van der Waals surface area contributed by atoms with Gasteiger partial charge in [0.05, 0.1) is 24.8 Å². The first-order valence-electron chi connectivity index (χ1n) is 6.01. The number of hydrogen-bond donors (Lipinski definition) is 0. The molecule has 0 bridgehead atoms. The maximum Gasteiger partial charge on any atom is 0.149 e. The van der Waals surface area contributed by atoms with Crippen molar-refractivity contribution in [1.82, 2.24) is 15.0 Å². The molecule has 0 saturated carbocycles. The fourth-order valence-electron chi connectivity index (χ4n) is 1.60. The fraction of sp³-hybridized carbons (Fsp3) is 0. The van der Waals surface area contributed by atoms with Crippen LogP contribution in [-0.2, 0) is 0 Å². The van der Waals surface area contributed by atoms with Gasteiger partial charge in [0, 0.05) is 18.5 Å². The van der Waals surface area contributed by atoms with Crippen molar-refractivity contribution in [2.45, 2.75) is 0 Å². The predicted octanol–water partition coefficient (Wildman–Crippen LogP) is 3.46. The molecule has 3 heterocycles. The van der Waals surface area contributed by atoms with E-state index in [1.54, 1.807) is 55.4 Å². The van der Waals surface area contributed by atoms with E-state index in [-0.39, 0.29) is 0 Å². The molecule has 3 aromatic heterocycles. The zero-order valence-electron chi connectivity index (χ0n) is 10.5. The molecule has 0 fully saturated rings. The molecule has 0 amide bonds. The van der Waals surface area contributed by atoms with Crippen LogP contribution in [0.5, 0.6) is 23.0 Å². The third-order valence-electron chi connectivity index (χ3n) is 2.43. The number of hydrogen-bond acceptors (Lipinski definition) is 5. The van der Waals surface area contributed by atoms with Crippen LogP contribution in [0.25, 0.3) is 0 Å². The molecule has 0 N–H and O–H groups in total.